The predicted octanol–water partition coefficient (Wildman–Crippen LogP) is 0.0266. The Labute approximate surface area is 169 Å². The Bertz CT molecular complexity index is 884. The van der Waals surface area contributed by atoms with Crippen LogP contribution in [0.2, 0.25) is 5.02 Å². The summed E-state index contributed by atoms with van der Waals surface area (Å²) in [6, 6.07) is 11.9. The molecule has 1 aliphatic rings. The van der Waals surface area contributed by atoms with Crippen LogP contribution < -0.4 is 9.80 Å². The molecule has 7 nitrogen and oxygen atoms in total. The molecule has 3 heterocycles. The van der Waals surface area contributed by atoms with Gasteiger partial charge in [-0.15, -0.1) is 5.10 Å². The number of rotatable bonds is 7. The van der Waals surface area contributed by atoms with Crippen molar-refractivity contribution in [1.82, 2.24) is 20.2 Å². The molecule has 1 aromatic carbocycles. The van der Waals surface area contributed by atoms with Crippen molar-refractivity contribution in [2.24, 2.45) is 0 Å². The van der Waals surface area contributed by atoms with E-state index in [1.54, 1.807) is 11.2 Å². The summed E-state index contributed by atoms with van der Waals surface area (Å²) in [6.07, 6.45) is 3.67. The van der Waals surface area contributed by atoms with E-state index in [4.69, 9.17) is 16.0 Å². The van der Waals surface area contributed by atoms with Gasteiger partial charge in [-0.25, -0.2) is 4.68 Å². The Morgan fingerprint density at radius 2 is 1.96 bits per heavy atom. The van der Waals surface area contributed by atoms with Crippen molar-refractivity contribution >= 4 is 11.6 Å². The van der Waals surface area contributed by atoms with Crippen molar-refractivity contribution < 1.29 is 14.2 Å². The molecule has 1 fully saturated rings. The molecule has 0 bridgehead atoms. The fraction of sp³-hybridized carbons (Fsp3) is 0.350. The van der Waals surface area contributed by atoms with Crippen LogP contribution in [0.15, 0.2) is 59.7 Å². The molecule has 0 radical (unpaired) electrons. The molecule has 4 rings (SSSR count). The molecule has 1 saturated heterocycles. The van der Waals surface area contributed by atoms with E-state index >= 15 is 0 Å². The maximum atomic E-state index is 6.13. The molecule has 8 heteroatoms. The highest BCUT2D eigenvalue weighted by molar-refractivity contribution is 6.30. The lowest BCUT2D eigenvalue weighted by molar-refractivity contribution is -1.02. The fourth-order valence-electron chi connectivity index (χ4n) is 3.93. The zero-order valence-corrected chi connectivity index (χ0v) is 16.5. The lowest BCUT2D eigenvalue weighted by atomic mass is 10.0. The molecule has 0 spiro atoms. The number of benzene rings is 1. The Morgan fingerprint density at radius 3 is 2.64 bits per heavy atom. The number of halogens is 1. The molecule has 2 aromatic heterocycles. The average molecular weight is 401 g/mol. The number of hydrogen-bond acceptors (Lipinski definition) is 4. The van der Waals surface area contributed by atoms with E-state index in [0.717, 1.165) is 49.3 Å². The van der Waals surface area contributed by atoms with Gasteiger partial charge in [0.1, 0.15) is 38.5 Å². The number of aromatic nitrogens is 4. The third kappa shape index (κ3) is 4.16. The van der Waals surface area contributed by atoms with Crippen LogP contribution >= 0.6 is 11.6 Å². The van der Waals surface area contributed by atoms with E-state index in [9.17, 15) is 0 Å². The quantitative estimate of drug-likeness (QED) is 0.549. The average Bonchev–Trinajstić information content (AvgIpc) is 3.38. The van der Waals surface area contributed by atoms with Crippen molar-refractivity contribution in [1.29, 1.82) is 0 Å². The summed E-state index contributed by atoms with van der Waals surface area (Å²) in [4.78, 5) is 3.04. The maximum absolute atomic E-state index is 6.13. The zero-order chi connectivity index (χ0) is 19.3. The molecule has 1 atom stereocenters. The monoisotopic (exact) mass is 400 g/mol. The molecule has 3 aromatic rings. The van der Waals surface area contributed by atoms with Gasteiger partial charge >= 0.3 is 0 Å². The van der Waals surface area contributed by atoms with E-state index in [0.29, 0.717) is 6.54 Å². The van der Waals surface area contributed by atoms with E-state index in [1.807, 2.05) is 35.0 Å². The molecule has 0 aliphatic carbocycles. The second-order valence-corrected chi connectivity index (χ2v) is 7.60. The summed E-state index contributed by atoms with van der Waals surface area (Å²) >= 11 is 6.13. The molecule has 0 amide bonds. The highest BCUT2D eigenvalue weighted by Gasteiger charge is 2.35. The lowest BCUT2D eigenvalue weighted by Crippen LogP contribution is -3.28. The Morgan fingerprint density at radius 1 is 1.18 bits per heavy atom. The summed E-state index contributed by atoms with van der Waals surface area (Å²) in [7, 11) is 0. The molecule has 0 saturated carbocycles. The Kier molecular flexibility index (Phi) is 5.85. The molecule has 28 heavy (non-hydrogen) atoms. The summed E-state index contributed by atoms with van der Waals surface area (Å²) in [6.45, 7) is 9.69. The van der Waals surface area contributed by atoms with Gasteiger partial charge in [-0.3, -0.25) is 0 Å². The van der Waals surface area contributed by atoms with Crippen molar-refractivity contribution in [3.8, 4) is 0 Å². The van der Waals surface area contributed by atoms with E-state index in [2.05, 4.69) is 34.2 Å². The first-order valence-corrected chi connectivity index (χ1v) is 9.95. The van der Waals surface area contributed by atoms with Gasteiger partial charge in [-0.1, -0.05) is 30.3 Å². The topological polar surface area (TPSA) is 65.6 Å². The van der Waals surface area contributed by atoms with Gasteiger partial charge in [0.25, 0.3) is 0 Å². The largest absolute Gasteiger partial charge is 0.467 e. The molecular formula is C20H25ClN6O+2. The van der Waals surface area contributed by atoms with Gasteiger partial charge in [0.15, 0.2) is 6.04 Å². The minimum absolute atomic E-state index is 0.0486. The minimum Gasteiger partial charge on any atom is -0.467 e. The van der Waals surface area contributed by atoms with E-state index < -0.39 is 0 Å². The summed E-state index contributed by atoms with van der Waals surface area (Å²) in [5.74, 6) is 1.68. The Hall–Kier alpha value is -2.48. The summed E-state index contributed by atoms with van der Waals surface area (Å²) < 4.78 is 7.34. The zero-order valence-electron chi connectivity index (χ0n) is 15.7. The van der Waals surface area contributed by atoms with Gasteiger partial charge in [-0.05, 0) is 40.8 Å². The lowest BCUT2D eigenvalue weighted by Gasteiger charge is -2.33. The predicted molar refractivity (Wildman–Crippen MR) is 105 cm³/mol. The third-order valence-corrected chi connectivity index (χ3v) is 5.60. The highest BCUT2D eigenvalue weighted by Crippen LogP contribution is 2.20. The smallest absolute Gasteiger partial charge is 0.214 e. The number of nitrogens with one attached hydrogen (secondary N) is 2. The van der Waals surface area contributed by atoms with Crippen LogP contribution in [0.3, 0.4) is 0 Å². The van der Waals surface area contributed by atoms with Crippen molar-refractivity contribution in [3.63, 3.8) is 0 Å². The number of furan rings is 1. The van der Waals surface area contributed by atoms with Crippen molar-refractivity contribution in [2.45, 2.75) is 12.6 Å². The number of tetrazole rings is 1. The number of piperazine rings is 1. The molecular weight excluding hydrogens is 376 g/mol. The standard InChI is InChI=1S/C20H23ClN6O/c1-2-9-25-10-12-26(13-11-25)19(16-5-7-17(21)8-6-16)20-22-23-24-27(20)15-18-4-3-14-28-18/h2-8,14,19H,1,9-13,15H2/p+2/t19-/m0/s1. The first-order valence-electron chi connectivity index (χ1n) is 9.57. The highest BCUT2D eigenvalue weighted by atomic mass is 35.5. The van der Waals surface area contributed by atoms with Crippen LogP contribution in [-0.2, 0) is 6.54 Å². The summed E-state index contributed by atoms with van der Waals surface area (Å²) in [5, 5.41) is 13.3. The van der Waals surface area contributed by atoms with Crippen molar-refractivity contribution in [2.75, 3.05) is 32.7 Å². The van der Waals surface area contributed by atoms with Gasteiger partial charge in [0, 0.05) is 10.6 Å². The second kappa shape index (κ2) is 8.68. The third-order valence-electron chi connectivity index (χ3n) is 5.35. The normalized spacial score (nSPS) is 20.8. The minimum atomic E-state index is 0.0486. The number of hydrogen-bond donors (Lipinski definition) is 2. The van der Waals surface area contributed by atoms with Gasteiger partial charge in [0.2, 0.25) is 5.82 Å². The fourth-order valence-corrected chi connectivity index (χ4v) is 4.05. The van der Waals surface area contributed by atoms with Crippen LogP contribution in [0.5, 0.6) is 0 Å². The SMILES string of the molecule is C=CC[NH+]1CC[NH+]([C@@H](c2ccc(Cl)cc2)c2nnnn2Cc2ccco2)CC1. The van der Waals surface area contributed by atoms with Gasteiger partial charge < -0.3 is 14.2 Å². The Balaban J connectivity index is 1.64. The van der Waals surface area contributed by atoms with Crippen LogP contribution in [0.25, 0.3) is 0 Å². The molecule has 0 unspecified atom stereocenters. The molecule has 146 valence electrons. The molecule has 1 aliphatic heterocycles. The van der Waals surface area contributed by atoms with Gasteiger partial charge in [0.05, 0.1) is 12.8 Å². The number of quaternary nitrogens is 2. The van der Waals surface area contributed by atoms with Crippen LogP contribution in [-0.4, -0.2) is 52.9 Å². The first-order chi connectivity index (χ1) is 13.7. The number of nitrogens with zero attached hydrogens (tertiary/aromatic N) is 4. The molecule has 2 N–H and O–H groups in total. The van der Waals surface area contributed by atoms with E-state index in [1.165, 1.54) is 10.5 Å². The van der Waals surface area contributed by atoms with E-state index in [-0.39, 0.29) is 6.04 Å². The van der Waals surface area contributed by atoms with Crippen LogP contribution in [0.1, 0.15) is 23.2 Å². The van der Waals surface area contributed by atoms with Crippen LogP contribution in [0.4, 0.5) is 0 Å². The second-order valence-electron chi connectivity index (χ2n) is 7.16. The maximum Gasteiger partial charge on any atom is 0.214 e. The first kappa shape index (κ1) is 18.9. The van der Waals surface area contributed by atoms with Gasteiger partial charge in [-0.2, -0.15) is 0 Å². The summed E-state index contributed by atoms with van der Waals surface area (Å²) in [5.41, 5.74) is 1.17. The van der Waals surface area contributed by atoms with Crippen molar-refractivity contribution in [3.05, 3.63) is 77.5 Å². The van der Waals surface area contributed by atoms with Crippen LogP contribution in [0, 0.1) is 0 Å².